The van der Waals surface area contributed by atoms with E-state index >= 15 is 0 Å². The number of benzene rings is 1. The van der Waals surface area contributed by atoms with Crippen LogP contribution in [0.1, 0.15) is 36.5 Å². The van der Waals surface area contributed by atoms with Crippen LogP contribution in [-0.4, -0.2) is 47.4 Å². The lowest BCUT2D eigenvalue weighted by atomic mass is 10.1. The van der Waals surface area contributed by atoms with E-state index < -0.39 is 17.9 Å². The molecule has 0 spiro atoms. The topological polar surface area (TPSA) is 92.7 Å². The summed E-state index contributed by atoms with van der Waals surface area (Å²) < 4.78 is 5.12. The summed E-state index contributed by atoms with van der Waals surface area (Å²) >= 11 is 1.62. The highest BCUT2D eigenvalue weighted by molar-refractivity contribution is 7.99. The van der Waals surface area contributed by atoms with Gasteiger partial charge in [-0.25, -0.2) is 4.79 Å². The van der Waals surface area contributed by atoms with E-state index in [1.54, 1.807) is 36.0 Å². The van der Waals surface area contributed by atoms with Crippen molar-refractivity contribution in [1.29, 1.82) is 0 Å². The minimum atomic E-state index is -1.06. The number of carbonyl (C=O) groups excluding carboxylic acids is 2. The van der Waals surface area contributed by atoms with E-state index in [1.807, 2.05) is 6.92 Å². The van der Waals surface area contributed by atoms with Gasteiger partial charge in [0.05, 0.1) is 12.7 Å². The molecule has 0 bridgehead atoms. The van der Waals surface area contributed by atoms with Crippen LogP contribution in [0.5, 0.6) is 5.75 Å². The molecule has 1 amide bonds. The molecule has 1 atom stereocenters. The highest BCUT2D eigenvalue weighted by Crippen LogP contribution is 2.19. The molecule has 0 heterocycles. The first kappa shape index (κ1) is 20.0. The van der Waals surface area contributed by atoms with Gasteiger partial charge < -0.3 is 15.2 Å². The van der Waals surface area contributed by atoms with Gasteiger partial charge in [-0.15, -0.1) is 0 Å². The Morgan fingerprint density at radius 2 is 1.96 bits per heavy atom. The molecule has 1 rings (SSSR count). The van der Waals surface area contributed by atoms with Crippen LogP contribution in [-0.2, 0) is 9.59 Å². The average Bonchev–Trinajstić information content (AvgIpc) is 2.58. The van der Waals surface area contributed by atoms with Gasteiger partial charge in [-0.1, -0.05) is 19.1 Å². The van der Waals surface area contributed by atoms with E-state index in [9.17, 15) is 14.4 Å². The van der Waals surface area contributed by atoms with E-state index in [1.165, 1.54) is 7.11 Å². The molecule has 0 fully saturated rings. The van der Waals surface area contributed by atoms with Crippen LogP contribution >= 0.6 is 11.8 Å². The molecular weight excluding hydrogens is 330 g/mol. The van der Waals surface area contributed by atoms with E-state index in [2.05, 4.69) is 5.32 Å². The molecule has 0 aliphatic heterocycles. The molecule has 0 radical (unpaired) electrons. The molecule has 24 heavy (non-hydrogen) atoms. The van der Waals surface area contributed by atoms with Gasteiger partial charge in [-0.05, 0) is 30.1 Å². The first-order chi connectivity index (χ1) is 11.5. The van der Waals surface area contributed by atoms with Crippen molar-refractivity contribution in [3.8, 4) is 5.75 Å². The molecule has 1 unspecified atom stereocenters. The number of ether oxygens (including phenoxy) is 1. The van der Waals surface area contributed by atoms with Crippen LogP contribution in [0.2, 0.25) is 0 Å². The van der Waals surface area contributed by atoms with Crippen molar-refractivity contribution in [2.75, 3.05) is 18.6 Å². The Kier molecular flexibility index (Phi) is 8.93. The van der Waals surface area contributed by atoms with E-state index in [4.69, 9.17) is 9.84 Å². The van der Waals surface area contributed by atoms with E-state index in [0.29, 0.717) is 23.5 Å². The molecule has 0 aromatic heterocycles. The fourth-order valence-corrected chi connectivity index (χ4v) is 2.80. The van der Waals surface area contributed by atoms with Gasteiger partial charge in [-0.3, -0.25) is 9.59 Å². The maximum atomic E-state index is 12.2. The van der Waals surface area contributed by atoms with Crippen molar-refractivity contribution >= 4 is 29.4 Å². The Morgan fingerprint density at radius 3 is 2.58 bits per heavy atom. The highest BCUT2D eigenvalue weighted by Gasteiger charge is 2.20. The Balaban J connectivity index is 2.52. The number of hydrogen-bond donors (Lipinski definition) is 2. The number of methoxy groups -OCH3 is 1. The van der Waals surface area contributed by atoms with Gasteiger partial charge in [0.2, 0.25) is 5.91 Å². The van der Waals surface area contributed by atoms with E-state index in [-0.39, 0.29) is 18.6 Å². The first-order valence-corrected chi connectivity index (χ1v) is 8.91. The fourth-order valence-electron chi connectivity index (χ4n) is 2.11. The molecule has 0 saturated carbocycles. The smallest absolute Gasteiger partial charge is 0.326 e. The number of carboxylic acid groups (broad SMARTS) is 1. The Hall–Kier alpha value is -2.02. The molecule has 6 nitrogen and oxygen atoms in total. The first-order valence-electron chi connectivity index (χ1n) is 7.75. The van der Waals surface area contributed by atoms with Crippen LogP contribution in [0.3, 0.4) is 0 Å². The summed E-state index contributed by atoms with van der Waals surface area (Å²) in [5.41, 5.74) is 0.418. The third-order valence-electron chi connectivity index (χ3n) is 3.37. The number of amides is 1. The van der Waals surface area contributed by atoms with Crippen molar-refractivity contribution in [2.24, 2.45) is 0 Å². The van der Waals surface area contributed by atoms with E-state index in [0.717, 1.165) is 5.75 Å². The minimum absolute atomic E-state index is 0.00224. The third-order valence-corrected chi connectivity index (χ3v) is 4.31. The summed E-state index contributed by atoms with van der Waals surface area (Å²) in [5.74, 6) is 0.309. The maximum Gasteiger partial charge on any atom is 0.326 e. The third kappa shape index (κ3) is 6.62. The second kappa shape index (κ2) is 10.7. The van der Waals surface area contributed by atoms with Crippen LogP contribution in [0.15, 0.2) is 24.3 Å². The number of para-hydroxylation sites is 1. The predicted molar refractivity (Wildman–Crippen MR) is 93.7 cm³/mol. The number of aliphatic carboxylic acids is 1. The monoisotopic (exact) mass is 353 g/mol. The Bertz CT molecular complexity index is 576. The summed E-state index contributed by atoms with van der Waals surface area (Å²) in [5, 5.41) is 11.6. The highest BCUT2D eigenvalue weighted by atomic mass is 32.2. The second-order valence-electron chi connectivity index (χ2n) is 5.07. The van der Waals surface area contributed by atoms with Crippen molar-refractivity contribution in [1.82, 2.24) is 5.32 Å². The zero-order valence-corrected chi connectivity index (χ0v) is 14.7. The van der Waals surface area contributed by atoms with Gasteiger partial charge >= 0.3 is 5.97 Å². The lowest BCUT2D eigenvalue weighted by Crippen LogP contribution is -2.41. The molecule has 1 aromatic carbocycles. The van der Waals surface area contributed by atoms with Crippen LogP contribution in [0, 0.1) is 0 Å². The molecule has 7 heteroatoms. The van der Waals surface area contributed by atoms with Gasteiger partial charge in [0.1, 0.15) is 11.8 Å². The summed E-state index contributed by atoms with van der Waals surface area (Å²) in [6.07, 6.45) is 0.309. The quantitative estimate of drug-likeness (QED) is 0.469. The average molecular weight is 353 g/mol. The predicted octanol–water partition coefficient (Wildman–Crippen LogP) is 2.37. The lowest BCUT2D eigenvalue weighted by Gasteiger charge is -2.14. The van der Waals surface area contributed by atoms with Gasteiger partial charge in [-0.2, -0.15) is 11.8 Å². The number of rotatable bonds is 11. The van der Waals surface area contributed by atoms with Crippen molar-refractivity contribution in [3.05, 3.63) is 29.8 Å². The van der Waals surface area contributed by atoms with Crippen molar-refractivity contribution < 1.29 is 24.2 Å². The zero-order chi connectivity index (χ0) is 17.9. The van der Waals surface area contributed by atoms with Gasteiger partial charge in [0.15, 0.2) is 5.78 Å². The molecule has 1 aromatic rings. The van der Waals surface area contributed by atoms with Crippen LogP contribution < -0.4 is 10.1 Å². The SMILES string of the molecule is CCSCCC(NC(=O)CCC(=O)c1ccccc1OC)C(=O)O. The molecule has 132 valence electrons. The summed E-state index contributed by atoms with van der Waals surface area (Å²) in [6, 6.07) is 5.88. The number of hydrogen-bond acceptors (Lipinski definition) is 5. The number of thioether (sulfide) groups is 1. The standard InChI is InChI=1S/C17H23NO5S/c1-3-24-11-10-13(17(21)22)18-16(20)9-8-14(19)12-6-4-5-7-15(12)23-2/h4-7,13H,3,8-11H2,1-2H3,(H,18,20)(H,21,22). The second-order valence-corrected chi connectivity index (χ2v) is 6.46. The number of carboxylic acids is 1. The van der Waals surface area contributed by atoms with Crippen molar-refractivity contribution in [3.63, 3.8) is 0 Å². The number of Topliss-reactive ketones (excluding diaryl/α,β-unsaturated/α-hetero) is 1. The lowest BCUT2D eigenvalue weighted by molar-refractivity contribution is -0.141. The summed E-state index contributed by atoms with van der Waals surface area (Å²) in [6.45, 7) is 1.99. The molecule has 0 aliphatic carbocycles. The molecule has 0 aliphatic rings. The maximum absolute atomic E-state index is 12.2. The fraction of sp³-hybridized carbons (Fsp3) is 0.471. The number of ketones is 1. The Labute approximate surface area is 146 Å². The van der Waals surface area contributed by atoms with Gasteiger partial charge in [0.25, 0.3) is 0 Å². The molecular formula is C17H23NO5S. The minimum Gasteiger partial charge on any atom is -0.496 e. The normalized spacial score (nSPS) is 11.6. The van der Waals surface area contributed by atoms with Gasteiger partial charge in [0, 0.05) is 12.8 Å². The number of nitrogens with one attached hydrogen (secondary N) is 1. The summed E-state index contributed by atoms with van der Waals surface area (Å²) in [7, 11) is 1.48. The Morgan fingerprint density at radius 1 is 1.25 bits per heavy atom. The number of carbonyl (C=O) groups is 3. The summed E-state index contributed by atoms with van der Waals surface area (Å²) in [4.78, 5) is 35.3. The zero-order valence-electron chi connectivity index (χ0n) is 13.9. The molecule has 2 N–H and O–H groups in total. The molecule has 0 saturated heterocycles. The largest absolute Gasteiger partial charge is 0.496 e. The van der Waals surface area contributed by atoms with Crippen LogP contribution in [0.25, 0.3) is 0 Å². The van der Waals surface area contributed by atoms with Crippen LogP contribution in [0.4, 0.5) is 0 Å². The van der Waals surface area contributed by atoms with Crippen molar-refractivity contribution in [2.45, 2.75) is 32.2 Å².